The van der Waals surface area contributed by atoms with Gasteiger partial charge in [-0.2, -0.15) is 0 Å². The Balaban J connectivity index is 1.29. The van der Waals surface area contributed by atoms with Crippen LogP contribution in [0.15, 0.2) is 54.6 Å². The number of aromatic hydroxyl groups is 1. The second-order valence-corrected chi connectivity index (χ2v) is 9.94. The smallest absolute Gasteiger partial charge is 0.310 e. The highest BCUT2D eigenvalue weighted by Gasteiger charge is 2.46. The Labute approximate surface area is 230 Å². The summed E-state index contributed by atoms with van der Waals surface area (Å²) < 4.78 is 11.0. The van der Waals surface area contributed by atoms with E-state index in [0.29, 0.717) is 6.42 Å². The maximum absolute atomic E-state index is 13.7. The first-order chi connectivity index (χ1) is 19.3. The zero-order valence-corrected chi connectivity index (χ0v) is 21.7. The van der Waals surface area contributed by atoms with E-state index < -0.39 is 48.1 Å². The summed E-state index contributed by atoms with van der Waals surface area (Å²) in [5.41, 5.74) is 1.10. The quantitative estimate of drug-likeness (QED) is 0.432. The highest BCUT2D eigenvalue weighted by molar-refractivity contribution is 5.99. The number of hydrogen-bond acceptors (Lipinski definition) is 8. The van der Waals surface area contributed by atoms with Crippen LogP contribution >= 0.6 is 0 Å². The third kappa shape index (κ3) is 5.91. The third-order valence-corrected chi connectivity index (χ3v) is 7.15. The van der Waals surface area contributed by atoms with Crippen LogP contribution < -0.4 is 10.6 Å². The van der Waals surface area contributed by atoms with Gasteiger partial charge in [0.25, 0.3) is 11.8 Å². The molecule has 3 N–H and O–H groups in total. The summed E-state index contributed by atoms with van der Waals surface area (Å²) in [4.78, 5) is 65.0. The Morgan fingerprint density at radius 3 is 2.50 bits per heavy atom. The predicted molar refractivity (Wildman–Crippen MR) is 138 cm³/mol. The molecule has 3 aliphatic rings. The van der Waals surface area contributed by atoms with Gasteiger partial charge in [0.1, 0.15) is 23.9 Å². The van der Waals surface area contributed by atoms with Gasteiger partial charge in [-0.05, 0) is 49.1 Å². The molecule has 4 atom stereocenters. The average molecular weight is 551 g/mol. The van der Waals surface area contributed by atoms with Crippen molar-refractivity contribution in [3.63, 3.8) is 0 Å². The van der Waals surface area contributed by atoms with Gasteiger partial charge in [0.2, 0.25) is 18.1 Å². The molecule has 2 aromatic carbocycles. The molecular formula is C28H30N4O8. The topological polar surface area (TPSA) is 155 Å². The first-order valence-electron chi connectivity index (χ1n) is 13.2. The van der Waals surface area contributed by atoms with Crippen LogP contribution in [0.25, 0.3) is 0 Å². The fourth-order valence-corrected chi connectivity index (χ4v) is 5.10. The number of phenols is 1. The van der Waals surface area contributed by atoms with Crippen LogP contribution in [0.3, 0.4) is 0 Å². The van der Waals surface area contributed by atoms with Crippen LogP contribution in [0.2, 0.25) is 0 Å². The number of ether oxygens (including phenoxy) is 2. The molecule has 12 nitrogen and oxygen atoms in total. The molecule has 4 amide bonds. The number of esters is 1. The van der Waals surface area contributed by atoms with E-state index in [1.807, 2.05) is 30.3 Å². The fraction of sp³-hybridized carbons (Fsp3) is 0.393. The van der Waals surface area contributed by atoms with Crippen molar-refractivity contribution >= 4 is 29.6 Å². The summed E-state index contributed by atoms with van der Waals surface area (Å²) in [6.07, 6.45) is -0.237. The van der Waals surface area contributed by atoms with Gasteiger partial charge in [-0.3, -0.25) is 29.0 Å². The minimum absolute atomic E-state index is 0.00688. The van der Waals surface area contributed by atoms with Crippen LogP contribution in [-0.4, -0.2) is 75.7 Å². The number of hydrogen-bond donors (Lipinski definition) is 3. The summed E-state index contributed by atoms with van der Waals surface area (Å²) in [7, 11) is 0. The van der Waals surface area contributed by atoms with E-state index in [4.69, 9.17) is 9.47 Å². The first-order valence-corrected chi connectivity index (χ1v) is 13.2. The van der Waals surface area contributed by atoms with Crippen molar-refractivity contribution in [2.45, 2.75) is 63.1 Å². The molecule has 0 spiro atoms. The minimum Gasteiger partial charge on any atom is -0.508 e. The van der Waals surface area contributed by atoms with Crippen LogP contribution in [0, 0.1) is 0 Å². The van der Waals surface area contributed by atoms with Gasteiger partial charge in [-0.1, -0.05) is 30.3 Å². The monoisotopic (exact) mass is 550 g/mol. The van der Waals surface area contributed by atoms with Gasteiger partial charge in [0.15, 0.2) is 0 Å². The van der Waals surface area contributed by atoms with Gasteiger partial charge in [0, 0.05) is 18.5 Å². The molecule has 40 heavy (non-hydrogen) atoms. The molecular weight excluding hydrogens is 520 g/mol. The first kappa shape index (κ1) is 27.1. The zero-order valence-electron chi connectivity index (χ0n) is 21.7. The lowest BCUT2D eigenvalue weighted by atomic mass is 10.0. The van der Waals surface area contributed by atoms with E-state index in [1.54, 1.807) is 0 Å². The molecule has 3 saturated heterocycles. The van der Waals surface area contributed by atoms with Gasteiger partial charge < -0.3 is 25.2 Å². The second-order valence-electron chi connectivity index (χ2n) is 9.94. The van der Waals surface area contributed by atoms with Crippen LogP contribution in [-0.2, 0) is 35.3 Å². The van der Waals surface area contributed by atoms with Crippen molar-refractivity contribution in [1.82, 2.24) is 20.7 Å². The van der Waals surface area contributed by atoms with Gasteiger partial charge in [-0.15, -0.1) is 0 Å². The lowest BCUT2D eigenvalue weighted by Crippen LogP contribution is -2.64. The van der Waals surface area contributed by atoms with E-state index in [9.17, 15) is 29.1 Å². The lowest BCUT2D eigenvalue weighted by Gasteiger charge is -2.43. The average Bonchev–Trinajstić information content (AvgIpc) is 3.26. The molecule has 0 saturated carbocycles. The number of cyclic esters (lactones) is 1. The van der Waals surface area contributed by atoms with Crippen molar-refractivity contribution in [2.24, 2.45) is 0 Å². The fourth-order valence-electron chi connectivity index (χ4n) is 5.10. The molecule has 0 radical (unpaired) electrons. The van der Waals surface area contributed by atoms with E-state index in [1.165, 1.54) is 29.3 Å². The molecule has 2 aromatic rings. The number of benzene rings is 2. The van der Waals surface area contributed by atoms with Crippen LogP contribution in [0.5, 0.6) is 5.75 Å². The van der Waals surface area contributed by atoms with E-state index in [0.717, 1.165) is 10.6 Å². The summed E-state index contributed by atoms with van der Waals surface area (Å²) in [6, 6.07) is 12.0. The van der Waals surface area contributed by atoms with Crippen LogP contribution in [0.1, 0.15) is 48.0 Å². The Morgan fingerprint density at radius 2 is 1.75 bits per heavy atom. The number of carbonyl (C=O) groups is 5. The number of hydrazine groups is 1. The number of fused-ring (bicyclic) bond motifs is 1. The molecule has 210 valence electrons. The van der Waals surface area contributed by atoms with Crippen molar-refractivity contribution in [3.8, 4) is 5.75 Å². The summed E-state index contributed by atoms with van der Waals surface area (Å²) >= 11 is 0. The lowest BCUT2D eigenvalue weighted by molar-refractivity contribution is -0.177. The van der Waals surface area contributed by atoms with Crippen molar-refractivity contribution in [3.05, 3.63) is 65.7 Å². The molecule has 3 aliphatic heterocycles. The Kier molecular flexibility index (Phi) is 7.96. The van der Waals surface area contributed by atoms with Gasteiger partial charge in [-0.25, -0.2) is 5.01 Å². The number of nitrogens with one attached hydrogen (secondary N) is 2. The van der Waals surface area contributed by atoms with Crippen molar-refractivity contribution in [1.29, 1.82) is 0 Å². The van der Waals surface area contributed by atoms with Crippen molar-refractivity contribution in [2.75, 3.05) is 6.54 Å². The molecule has 0 bridgehead atoms. The minimum atomic E-state index is -1.04. The molecule has 12 heteroatoms. The standard InChI is InChI=1S/C28H30N4O8/c33-19-10-8-18(9-11-19)25(36)29-20-12-13-23(34)31-14-4-7-22(32(31)27(20)38)26(37)30-21-15-24(35)40-28(21)39-16-17-5-2-1-3-6-17/h1-3,5-6,8-11,20-22,28,33H,4,7,12-16H2,(H,29,36)(H,30,37). The normalized spacial score (nSPS) is 24.6. The van der Waals surface area contributed by atoms with Gasteiger partial charge in [0.05, 0.1) is 13.0 Å². The Bertz CT molecular complexity index is 1280. The Hall–Kier alpha value is -4.45. The van der Waals surface area contributed by atoms with E-state index in [-0.39, 0.29) is 56.1 Å². The molecule has 3 fully saturated rings. The molecule has 4 unspecified atom stereocenters. The van der Waals surface area contributed by atoms with E-state index >= 15 is 0 Å². The zero-order chi connectivity index (χ0) is 28.2. The van der Waals surface area contributed by atoms with Gasteiger partial charge >= 0.3 is 5.97 Å². The maximum Gasteiger partial charge on any atom is 0.310 e. The highest BCUT2D eigenvalue weighted by atomic mass is 16.7. The number of nitrogens with zero attached hydrogens (tertiary/aromatic N) is 2. The molecule has 5 rings (SSSR count). The third-order valence-electron chi connectivity index (χ3n) is 7.15. The second kappa shape index (κ2) is 11.7. The number of amides is 4. The highest BCUT2D eigenvalue weighted by Crippen LogP contribution is 2.26. The summed E-state index contributed by atoms with van der Waals surface area (Å²) in [6.45, 7) is 0.435. The Morgan fingerprint density at radius 1 is 1.00 bits per heavy atom. The SMILES string of the molecule is O=C1CC(NC(=O)C2CCCN3C(=O)CCC(NC(=O)c4ccc(O)cc4)C(=O)N23)C(OCc2ccccc2)O1. The number of carbonyl (C=O) groups excluding carboxylic acids is 5. The summed E-state index contributed by atoms with van der Waals surface area (Å²) in [5.74, 6) is -2.52. The van der Waals surface area contributed by atoms with Crippen LogP contribution in [0.4, 0.5) is 0 Å². The van der Waals surface area contributed by atoms with Crippen molar-refractivity contribution < 1.29 is 38.6 Å². The predicted octanol–water partition coefficient (Wildman–Crippen LogP) is 0.994. The van der Waals surface area contributed by atoms with E-state index in [2.05, 4.69) is 10.6 Å². The maximum atomic E-state index is 13.7. The largest absolute Gasteiger partial charge is 0.508 e. The number of rotatable bonds is 7. The molecule has 0 aliphatic carbocycles. The molecule has 0 aromatic heterocycles. The molecule has 3 heterocycles. The summed E-state index contributed by atoms with van der Waals surface area (Å²) in [5, 5.41) is 17.4. The number of phenolic OH excluding ortho intramolecular Hbond substituents is 1.